The van der Waals surface area contributed by atoms with Crippen molar-refractivity contribution in [3.8, 4) is 11.5 Å². The van der Waals surface area contributed by atoms with E-state index in [1.165, 1.54) is 5.56 Å². The van der Waals surface area contributed by atoms with Gasteiger partial charge in [0.2, 0.25) is 0 Å². The summed E-state index contributed by atoms with van der Waals surface area (Å²) in [4.78, 5) is 0. The average Bonchev–Trinajstić information content (AvgIpc) is 3.04. The van der Waals surface area contributed by atoms with Gasteiger partial charge in [-0.05, 0) is 43.4 Å². The number of hydrogen-bond donors (Lipinski definition) is 1. The van der Waals surface area contributed by atoms with Gasteiger partial charge in [-0.1, -0.05) is 6.92 Å². The molecule has 0 aromatic heterocycles. The van der Waals surface area contributed by atoms with Gasteiger partial charge in [-0.2, -0.15) is 0 Å². The lowest BCUT2D eigenvalue weighted by Crippen LogP contribution is -2.23. The average molecular weight is 249 g/mol. The van der Waals surface area contributed by atoms with E-state index in [-0.39, 0.29) is 5.41 Å². The molecule has 1 aromatic carbocycles. The van der Waals surface area contributed by atoms with Crippen LogP contribution in [0.4, 0.5) is 0 Å². The molecule has 0 radical (unpaired) electrons. The normalized spacial score (nSPS) is 26.0. The molecule has 1 aliphatic rings. The summed E-state index contributed by atoms with van der Waals surface area (Å²) in [5.74, 6) is 2.52. The second-order valence-corrected chi connectivity index (χ2v) is 5.38. The van der Waals surface area contributed by atoms with E-state index >= 15 is 0 Å². The zero-order chi connectivity index (χ0) is 13.5. The molecule has 2 unspecified atom stereocenters. The Hall–Kier alpha value is -1.22. The third-order valence-electron chi connectivity index (χ3n) is 4.57. The van der Waals surface area contributed by atoms with E-state index in [2.05, 4.69) is 26.8 Å². The summed E-state index contributed by atoms with van der Waals surface area (Å²) in [6.07, 6.45) is 1.13. The lowest BCUT2D eigenvalue weighted by Gasteiger charge is -2.22. The van der Waals surface area contributed by atoms with E-state index in [1.807, 2.05) is 0 Å². The molecule has 2 N–H and O–H groups in total. The first-order chi connectivity index (χ1) is 8.51. The molecule has 3 nitrogen and oxygen atoms in total. The van der Waals surface area contributed by atoms with Crippen LogP contribution in [0.15, 0.2) is 6.07 Å². The minimum Gasteiger partial charge on any atom is -0.496 e. The smallest absolute Gasteiger partial charge is 0.126 e. The second-order valence-electron chi connectivity index (χ2n) is 5.38. The van der Waals surface area contributed by atoms with E-state index < -0.39 is 0 Å². The molecule has 2 rings (SSSR count). The molecule has 1 aliphatic carbocycles. The van der Waals surface area contributed by atoms with Crippen molar-refractivity contribution in [1.29, 1.82) is 0 Å². The van der Waals surface area contributed by atoms with Gasteiger partial charge in [0, 0.05) is 17.5 Å². The van der Waals surface area contributed by atoms with Crippen molar-refractivity contribution in [2.45, 2.75) is 32.6 Å². The van der Waals surface area contributed by atoms with Crippen LogP contribution in [-0.2, 0) is 5.41 Å². The Morgan fingerprint density at radius 1 is 1.28 bits per heavy atom. The first-order valence-corrected chi connectivity index (χ1v) is 6.44. The highest BCUT2D eigenvalue weighted by atomic mass is 16.5. The number of hydrogen-bond acceptors (Lipinski definition) is 3. The van der Waals surface area contributed by atoms with Gasteiger partial charge in [0.15, 0.2) is 0 Å². The maximum absolute atomic E-state index is 6.00. The molecule has 0 spiro atoms. The zero-order valence-corrected chi connectivity index (χ0v) is 12.0. The minimum atomic E-state index is 0.0804. The van der Waals surface area contributed by atoms with Crippen molar-refractivity contribution in [3.05, 3.63) is 22.8 Å². The topological polar surface area (TPSA) is 44.5 Å². The number of benzene rings is 1. The van der Waals surface area contributed by atoms with Crippen molar-refractivity contribution in [2.75, 3.05) is 20.8 Å². The first kappa shape index (κ1) is 13.2. The molecule has 100 valence electrons. The molecule has 0 aliphatic heterocycles. The third-order valence-corrected chi connectivity index (χ3v) is 4.57. The van der Waals surface area contributed by atoms with Crippen molar-refractivity contribution in [3.63, 3.8) is 0 Å². The van der Waals surface area contributed by atoms with Crippen LogP contribution >= 0.6 is 0 Å². The van der Waals surface area contributed by atoms with Gasteiger partial charge in [-0.15, -0.1) is 0 Å². The fourth-order valence-electron chi connectivity index (χ4n) is 2.96. The molecule has 0 amide bonds. The van der Waals surface area contributed by atoms with Crippen molar-refractivity contribution in [1.82, 2.24) is 0 Å². The first-order valence-electron chi connectivity index (χ1n) is 6.44. The zero-order valence-electron chi connectivity index (χ0n) is 12.0. The lowest BCUT2D eigenvalue weighted by atomic mass is 9.89. The lowest BCUT2D eigenvalue weighted by molar-refractivity contribution is 0.387. The van der Waals surface area contributed by atoms with Crippen LogP contribution in [0.2, 0.25) is 0 Å². The van der Waals surface area contributed by atoms with Crippen molar-refractivity contribution < 1.29 is 9.47 Å². The highest BCUT2D eigenvalue weighted by Crippen LogP contribution is 2.57. The number of ether oxygens (including phenoxy) is 2. The molecule has 0 heterocycles. The minimum absolute atomic E-state index is 0.0804. The number of methoxy groups -OCH3 is 2. The highest BCUT2D eigenvalue weighted by Gasteiger charge is 2.53. The Balaban J connectivity index is 2.63. The van der Waals surface area contributed by atoms with Crippen LogP contribution in [0.1, 0.15) is 30.0 Å². The van der Waals surface area contributed by atoms with Gasteiger partial charge in [-0.25, -0.2) is 0 Å². The maximum atomic E-state index is 6.00. The summed E-state index contributed by atoms with van der Waals surface area (Å²) >= 11 is 0. The second kappa shape index (κ2) is 4.47. The summed E-state index contributed by atoms with van der Waals surface area (Å²) in [6, 6.07) is 2.11. The standard InChI is InChI=1S/C15H23NO2/c1-9-7-15(9,8-16)12-6-13(17-4)10(2)11(3)14(12)18-5/h6,9H,7-8,16H2,1-5H3. The van der Waals surface area contributed by atoms with Gasteiger partial charge in [0.1, 0.15) is 11.5 Å². The van der Waals surface area contributed by atoms with E-state index in [4.69, 9.17) is 15.2 Å². The molecule has 1 saturated carbocycles. The molecular weight excluding hydrogens is 226 g/mol. The summed E-state index contributed by atoms with van der Waals surface area (Å²) in [5, 5.41) is 0. The quantitative estimate of drug-likeness (QED) is 0.892. The summed E-state index contributed by atoms with van der Waals surface area (Å²) in [7, 11) is 3.44. The predicted molar refractivity (Wildman–Crippen MR) is 73.5 cm³/mol. The van der Waals surface area contributed by atoms with Crippen LogP contribution < -0.4 is 15.2 Å². The Morgan fingerprint density at radius 3 is 2.28 bits per heavy atom. The van der Waals surface area contributed by atoms with Crippen LogP contribution in [0.3, 0.4) is 0 Å². The Labute approximate surface area is 109 Å². The molecule has 0 saturated heterocycles. The predicted octanol–water partition coefficient (Wildman–Crippen LogP) is 2.56. The highest BCUT2D eigenvalue weighted by molar-refractivity contribution is 5.57. The SMILES string of the molecule is COc1cc(C2(CN)CC2C)c(OC)c(C)c1C. The van der Waals surface area contributed by atoms with Crippen molar-refractivity contribution in [2.24, 2.45) is 11.7 Å². The molecule has 1 fully saturated rings. The summed E-state index contributed by atoms with van der Waals surface area (Å²) in [6.45, 7) is 7.05. The van der Waals surface area contributed by atoms with E-state index in [1.54, 1.807) is 14.2 Å². The van der Waals surface area contributed by atoms with E-state index in [0.717, 1.165) is 29.0 Å². The van der Waals surface area contributed by atoms with E-state index in [0.29, 0.717) is 12.5 Å². The molecule has 3 heteroatoms. The molecule has 1 aromatic rings. The molecule has 2 atom stereocenters. The van der Waals surface area contributed by atoms with Gasteiger partial charge in [0.05, 0.1) is 14.2 Å². The Bertz CT molecular complexity index is 466. The molecule has 18 heavy (non-hydrogen) atoms. The fraction of sp³-hybridized carbons (Fsp3) is 0.600. The van der Waals surface area contributed by atoms with Crippen LogP contribution in [-0.4, -0.2) is 20.8 Å². The summed E-state index contributed by atoms with van der Waals surface area (Å²) < 4.78 is 11.1. The largest absolute Gasteiger partial charge is 0.496 e. The monoisotopic (exact) mass is 249 g/mol. The van der Waals surface area contributed by atoms with E-state index in [9.17, 15) is 0 Å². The van der Waals surface area contributed by atoms with Crippen molar-refractivity contribution >= 4 is 0 Å². The van der Waals surface area contributed by atoms with Crippen LogP contribution in [0, 0.1) is 19.8 Å². The summed E-state index contributed by atoms with van der Waals surface area (Å²) in [5.41, 5.74) is 9.58. The number of rotatable bonds is 4. The molecule has 0 bridgehead atoms. The molecular formula is C15H23NO2. The van der Waals surface area contributed by atoms with Gasteiger partial charge < -0.3 is 15.2 Å². The fourth-order valence-corrected chi connectivity index (χ4v) is 2.96. The Kier molecular flexibility index (Phi) is 3.28. The van der Waals surface area contributed by atoms with Crippen LogP contribution in [0.25, 0.3) is 0 Å². The third kappa shape index (κ3) is 1.69. The van der Waals surface area contributed by atoms with Gasteiger partial charge in [-0.3, -0.25) is 0 Å². The van der Waals surface area contributed by atoms with Gasteiger partial charge >= 0.3 is 0 Å². The number of nitrogens with two attached hydrogens (primary N) is 1. The maximum Gasteiger partial charge on any atom is 0.126 e. The van der Waals surface area contributed by atoms with Gasteiger partial charge in [0.25, 0.3) is 0 Å². The Morgan fingerprint density at radius 2 is 1.89 bits per heavy atom. The van der Waals surface area contributed by atoms with Crippen LogP contribution in [0.5, 0.6) is 11.5 Å².